The average molecular weight is 216 g/mol. The molecule has 1 rings (SSSR count). The topological polar surface area (TPSA) is 36.9 Å². The Bertz CT molecular complexity index is 240. The van der Waals surface area contributed by atoms with Crippen LogP contribution in [0.5, 0.6) is 0 Å². The summed E-state index contributed by atoms with van der Waals surface area (Å²) in [6, 6.07) is 0. The van der Waals surface area contributed by atoms with Crippen molar-refractivity contribution in [2.75, 3.05) is 13.7 Å². The van der Waals surface area contributed by atoms with Crippen molar-refractivity contribution in [1.82, 2.24) is 0 Å². The Kier molecular flexibility index (Phi) is 2.83. The Hall–Kier alpha value is -0.630. The van der Waals surface area contributed by atoms with Crippen LogP contribution in [0.4, 0.5) is 0 Å². The van der Waals surface area contributed by atoms with E-state index in [4.69, 9.17) is 4.74 Å². The lowest BCUT2D eigenvalue weighted by atomic mass is 10.1. The van der Waals surface area contributed by atoms with Gasteiger partial charge in [-0.15, -0.1) is 0 Å². The molecule has 2 nitrogen and oxygen atoms in total. The number of hydrogen-bond donors (Lipinski definition) is 1. The first-order chi connectivity index (χ1) is 5.27. The molecule has 0 spiro atoms. The van der Waals surface area contributed by atoms with Gasteiger partial charge in [0.05, 0.1) is 19.3 Å². The summed E-state index contributed by atoms with van der Waals surface area (Å²) in [5.74, 6) is 0.781. The van der Waals surface area contributed by atoms with Gasteiger partial charge in [0.2, 0.25) is 0 Å². The third-order valence-electron chi connectivity index (χ3n) is 1.42. The van der Waals surface area contributed by atoms with E-state index in [1.165, 1.54) is 0 Å². The van der Waals surface area contributed by atoms with Crippen molar-refractivity contribution in [2.24, 2.45) is 0 Å². The first-order valence-electron chi connectivity index (χ1n) is 3.31. The van der Waals surface area contributed by atoms with Gasteiger partial charge in [-0.1, -0.05) is 0 Å². The molecule has 0 aromatic heterocycles. The second-order valence-electron chi connectivity index (χ2n) is 2.13. The monoisotopic (exact) mass is 215 g/mol. The van der Waals surface area contributed by atoms with Crippen molar-refractivity contribution in [1.29, 1.82) is 0 Å². The van der Waals surface area contributed by atoms with E-state index in [0.29, 0.717) is 0 Å². The molecule has 1 aliphatic carbocycles. The maximum atomic E-state index is 5.07. The van der Waals surface area contributed by atoms with Crippen LogP contribution in [0.1, 0.15) is 0 Å². The highest BCUT2D eigenvalue weighted by Crippen LogP contribution is 2.19. The van der Waals surface area contributed by atoms with Gasteiger partial charge in [-0.05, 0) is 0 Å². The van der Waals surface area contributed by atoms with Crippen molar-refractivity contribution in [3.8, 4) is 0 Å². The minimum absolute atomic E-state index is 0.721. The van der Waals surface area contributed by atoms with Gasteiger partial charge in [0, 0.05) is 15.9 Å². The molecule has 0 heterocycles. The Balaban J connectivity index is 2.95. The molecule has 0 aromatic rings. The summed E-state index contributed by atoms with van der Waals surface area (Å²) >= 11 is 3.35. The fourth-order valence-electron chi connectivity index (χ4n) is 0.877. The highest BCUT2D eigenvalue weighted by molar-refractivity contribution is 9.11. The molecule has 3 heteroatoms. The minimum atomic E-state index is 0.721. The van der Waals surface area contributed by atoms with Gasteiger partial charge in [-0.25, -0.2) is 0 Å². The van der Waals surface area contributed by atoms with Gasteiger partial charge in [0.15, 0.2) is 5.57 Å². The maximum Gasteiger partial charge on any atom is 0.298 e. The zero-order valence-electron chi connectivity index (χ0n) is 6.36. The van der Waals surface area contributed by atoms with Gasteiger partial charge < -0.3 is 10.5 Å². The van der Waals surface area contributed by atoms with Crippen molar-refractivity contribution in [3.63, 3.8) is 0 Å². The zero-order valence-corrected chi connectivity index (χ0v) is 7.94. The van der Waals surface area contributed by atoms with E-state index in [9.17, 15) is 0 Å². The summed E-state index contributed by atoms with van der Waals surface area (Å²) in [5, 5.41) is 0. The Morgan fingerprint density at radius 3 is 3.00 bits per heavy atom. The molecular formula is C8H10BrNO+2. The first kappa shape index (κ1) is 8.47. The molecule has 1 aliphatic rings. The smallest absolute Gasteiger partial charge is 0.298 e. The van der Waals surface area contributed by atoms with Crippen LogP contribution < -0.4 is 5.73 Å². The minimum Gasteiger partial charge on any atom is -0.468 e. The van der Waals surface area contributed by atoms with Crippen LogP contribution in [0.3, 0.4) is 0 Å². The molecule has 0 unspecified atom stereocenters. The first-order valence-corrected chi connectivity index (χ1v) is 4.10. The van der Waals surface area contributed by atoms with E-state index < -0.39 is 0 Å². The number of halogens is 1. The molecule has 0 atom stereocenters. The number of methoxy groups -OCH3 is 1. The molecule has 11 heavy (non-hydrogen) atoms. The van der Waals surface area contributed by atoms with Crippen LogP contribution in [-0.4, -0.2) is 13.7 Å². The molecule has 0 saturated carbocycles. The van der Waals surface area contributed by atoms with Crippen molar-refractivity contribution in [2.45, 2.75) is 0 Å². The van der Waals surface area contributed by atoms with Crippen molar-refractivity contribution in [3.05, 3.63) is 34.0 Å². The molecular weight excluding hydrogens is 206 g/mol. The number of allylic oxidation sites excluding steroid dienone is 3. The van der Waals surface area contributed by atoms with Crippen LogP contribution in [0, 0.1) is 6.08 Å². The highest BCUT2D eigenvalue weighted by Gasteiger charge is 2.17. The van der Waals surface area contributed by atoms with Crippen LogP contribution in [0.15, 0.2) is 28.0 Å². The molecule has 0 radical (unpaired) electrons. The molecule has 0 saturated heterocycles. The molecule has 0 bridgehead atoms. The Morgan fingerprint density at radius 2 is 2.45 bits per heavy atom. The largest absolute Gasteiger partial charge is 0.468 e. The number of rotatable bonds is 2. The average Bonchev–Trinajstić information content (AvgIpc) is 2.04. The highest BCUT2D eigenvalue weighted by atomic mass is 79.9. The molecule has 0 fully saturated rings. The Labute approximate surface area is 74.5 Å². The number of quaternary nitrogens is 1. The van der Waals surface area contributed by atoms with Crippen molar-refractivity contribution < 1.29 is 10.5 Å². The fourth-order valence-corrected chi connectivity index (χ4v) is 1.27. The molecule has 0 aromatic carbocycles. The van der Waals surface area contributed by atoms with Gasteiger partial charge in [0.25, 0.3) is 5.76 Å². The summed E-state index contributed by atoms with van der Waals surface area (Å²) in [6.07, 6.45) is 6.82. The van der Waals surface area contributed by atoms with Crippen molar-refractivity contribution >= 4 is 15.9 Å². The second kappa shape index (κ2) is 3.67. The molecule has 0 amide bonds. The molecule has 0 aliphatic heterocycles. The summed E-state index contributed by atoms with van der Waals surface area (Å²) in [6.45, 7) is 0.721. The third-order valence-corrected chi connectivity index (χ3v) is 1.88. The predicted octanol–water partition coefficient (Wildman–Crippen LogP) is 0.781. The van der Waals surface area contributed by atoms with Gasteiger partial charge in [0.1, 0.15) is 17.1 Å². The van der Waals surface area contributed by atoms with Gasteiger partial charge in [-0.3, -0.25) is 0 Å². The second-order valence-corrected chi connectivity index (χ2v) is 3.04. The number of ether oxygens (including phenoxy) is 1. The van der Waals surface area contributed by atoms with E-state index in [0.717, 1.165) is 22.4 Å². The normalized spacial score (nSPS) is 16.1. The van der Waals surface area contributed by atoms with E-state index in [2.05, 4.69) is 27.7 Å². The lowest BCUT2D eigenvalue weighted by molar-refractivity contribution is -0.355. The van der Waals surface area contributed by atoms with E-state index >= 15 is 0 Å². The zero-order chi connectivity index (χ0) is 8.27. The van der Waals surface area contributed by atoms with Crippen LogP contribution in [0.2, 0.25) is 0 Å². The molecule has 58 valence electrons. The summed E-state index contributed by atoms with van der Waals surface area (Å²) in [7, 11) is 1.64. The van der Waals surface area contributed by atoms with Crippen LogP contribution in [0.25, 0.3) is 0 Å². The number of hydrogen-bond acceptors (Lipinski definition) is 1. The quantitative estimate of drug-likeness (QED) is 0.680. The SMILES string of the molecule is COC1=C(C[NH3+])C=C(Br)C=[C+]1. The van der Waals surface area contributed by atoms with Gasteiger partial charge >= 0.3 is 0 Å². The lowest BCUT2D eigenvalue weighted by Crippen LogP contribution is -2.51. The van der Waals surface area contributed by atoms with Crippen LogP contribution >= 0.6 is 15.9 Å². The maximum absolute atomic E-state index is 5.07. The van der Waals surface area contributed by atoms with E-state index in [1.54, 1.807) is 7.11 Å². The standard InChI is InChI=1S/C8H9BrNO/c1-11-8-3-2-7(9)4-6(8)5-10/h2,4H,5,10H2,1H3/q+1/p+1. The Morgan fingerprint density at radius 1 is 1.73 bits per heavy atom. The van der Waals surface area contributed by atoms with E-state index in [1.807, 2.05) is 12.2 Å². The van der Waals surface area contributed by atoms with E-state index in [-0.39, 0.29) is 0 Å². The molecule has 3 N–H and O–H groups in total. The summed E-state index contributed by atoms with van der Waals surface area (Å²) < 4.78 is 6.09. The summed E-state index contributed by atoms with van der Waals surface area (Å²) in [5.41, 5.74) is 4.86. The lowest BCUT2D eigenvalue weighted by Gasteiger charge is -1.98. The fraction of sp³-hybridized carbons (Fsp3) is 0.250. The van der Waals surface area contributed by atoms with Gasteiger partial charge in [-0.2, -0.15) is 0 Å². The van der Waals surface area contributed by atoms with Crippen LogP contribution in [-0.2, 0) is 4.74 Å². The summed E-state index contributed by atoms with van der Waals surface area (Å²) in [4.78, 5) is 0. The third kappa shape index (κ3) is 1.90. The predicted molar refractivity (Wildman–Crippen MR) is 46.6 cm³/mol.